The number of alkyl halides is 3. The molecule has 1 unspecified atom stereocenters. The van der Waals surface area contributed by atoms with Gasteiger partial charge < -0.3 is 35.3 Å². The molecule has 0 radical (unpaired) electrons. The van der Waals surface area contributed by atoms with Gasteiger partial charge in [-0.2, -0.15) is 13.2 Å². The number of carbonyl (C=O) groups excluding carboxylic acids is 6. The lowest BCUT2D eigenvalue weighted by Crippen LogP contribution is -2.55. The Morgan fingerprint density at radius 3 is 2.24 bits per heavy atom. The highest BCUT2D eigenvalue weighted by Crippen LogP contribution is 2.37. The molecule has 2 saturated heterocycles. The summed E-state index contributed by atoms with van der Waals surface area (Å²) in [6.07, 6.45) is -4.25. The zero-order valence-electron chi connectivity index (χ0n) is 36.7. The number of piperidine rings is 1. The zero-order chi connectivity index (χ0) is 48.2. The molecule has 3 aromatic carbocycles. The lowest BCUT2D eigenvalue weighted by atomic mass is 9.99. The number of imide groups is 2. The van der Waals surface area contributed by atoms with Gasteiger partial charge in [0.1, 0.15) is 11.9 Å². The largest absolute Gasteiger partial charge is 0.417 e. The Morgan fingerprint density at radius 1 is 0.821 bits per heavy atom. The van der Waals surface area contributed by atoms with Crippen LogP contribution in [0, 0.1) is 5.82 Å². The first-order valence-corrected chi connectivity index (χ1v) is 21.5. The SMILES string of the molecule is C[C@@H]1CN(c2ccc(-c3cc(C(=O)NCCOCCOCCNc4cccc5c4C(=O)N(C4CCC(=O)NC4=O)C5=O)ccc3F)cc2NC(=O)c2c[nH]c(=O)cc2C(F)(F)F)C[C@H](C)N1C. The Kier molecular flexibility index (Phi) is 14.5. The van der Waals surface area contributed by atoms with Gasteiger partial charge in [0.05, 0.1) is 60.1 Å². The highest BCUT2D eigenvalue weighted by Gasteiger charge is 2.45. The molecule has 67 heavy (non-hydrogen) atoms. The molecule has 6 amide bonds. The maximum Gasteiger partial charge on any atom is 0.417 e. The van der Waals surface area contributed by atoms with Gasteiger partial charge in [0.2, 0.25) is 17.4 Å². The topological polar surface area (TPSA) is 212 Å². The monoisotopic (exact) mass is 932 g/mol. The summed E-state index contributed by atoms with van der Waals surface area (Å²) in [5.74, 6) is -4.79. The second-order valence-corrected chi connectivity index (χ2v) is 16.4. The Hall–Kier alpha value is -6.97. The number of carbonyl (C=O) groups is 6. The van der Waals surface area contributed by atoms with Crippen LogP contribution in [-0.2, 0) is 25.2 Å². The fourth-order valence-electron chi connectivity index (χ4n) is 8.23. The van der Waals surface area contributed by atoms with Gasteiger partial charge in [-0.05, 0) is 75.3 Å². The van der Waals surface area contributed by atoms with Crippen LogP contribution in [0.5, 0.6) is 0 Å². The number of halogens is 4. The van der Waals surface area contributed by atoms with Gasteiger partial charge in [-0.15, -0.1) is 0 Å². The van der Waals surface area contributed by atoms with E-state index in [1.807, 2.05) is 25.8 Å². The number of ether oxygens (including phenoxy) is 2. The van der Waals surface area contributed by atoms with Crippen molar-refractivity contribution < 1.29 is 55.8 Å². The standard InChI is InChI=1S/C46H48F4N8O9/c1-25-23-57(24-26(2)56(25)3)36-10-8-27(20-35(36)54-42(62)31-22-53-39(60)21-32(31)46(48,49)50)30-19-28(7-9-33(30)47)41(61)52-14-16-67-18-17-66-15-13-51-34-6-4-5-29-40(34)45(65)58(44(29)64)37-11-12-38(59)55-43(37)63/h4-10,19-22,25-26,37,51H,11-18,23-24H2,1-3H3,(H,52,61)(H,53,60)(H,54,62)(H,55,59,63)/t25-,26+,37?. The average molecular weight is 933 g/mol. The number of anilines is 3. The van der Waals surface area contributed by atoms with Crippen molar-refractivity contribution in [1.29, 1.82) is 0 Å². The molecule has 0 bridgehead atoms. The Bertz CT molecular complexity index is 2650. The first-order valence-electron chi connectivity index (χ1n) is 21.5. The number of piperazine rings is 1. The maximum atomic E-state index is 15.5. The van der Waals surface area contributed by atoms with E-state index in [2.05, 4.69) is 31.2 Å². The molecule has 3 aliphatic heterocycles. The number of nitrogens with one attached hydrogen (secondary N) is 5. The Labute approximate surface area is 381 Å². The minimum Gasteiger partial charge on any atom is -0.382 e. The number of likely N-dealkylation sites (N-methyl/N-ethyl adjacent to an activating group) is 1. The minimum atomic E-state index is -5.01. The molecule has 0 aliphatic carbocycles. The van der Waals surface area contributed by atoms with Gasteiger partial charge in [-0.3, -0.25) is 48.7 Å². The number of benzene rings is 3. The summed E-state index contributed by atoms with van der Waals surface area (Å²) in [5.41, 5.74) is -1.71. The van der Waals surface area contributed by atoms with E-state index >= 15 is 4.39 Å². The molecular formula is C46H48F4N8O9. The fraction of sp³-hybridized carbons (Fsp3) is 0.370. The molecule has 3 atom stereocenters. The van der Waals surface area contributed by atoms with Crippen LogP contribution in [-0.4, -0.2) is 128 Å². The van der Waals surface area contributed by atoms with Crippen LogP contribution in [0.25, 0.3) is 11.1 Å². The lowest BCUT2D eigenvalue weighted by Gasteiger charge is -2.44. The van der Waals surface area contributed by atoms with Gasteiger partial charge in [-0.1, -0.05) is 12.1 Å². The van der Waals surface area contributed by atoms with E-state index in [0.29, 0.717) is 36.7 Å². The molecule has 1 aromatic heterocycles. The van der Waals surface area contributed by atoms with E-state index in [0.717, 1.165) is 11.0 Å². The molecule has 4 aromatic rings. The van der Waals surface area contributed by atoms with Gasteiger partial charge >= 0.3 is 6.18 Å². The summed E-state index contributed by atoms with van der Waals surface area (Å²) in [7, 11) is 1.98. The Balaban J connectivity index is 0.918. The van der Waals surface area contributed by atoms with Gasteiger partial charge in [0.15, 0.2) is 0 Å². The van der Waals surface area contributed by atoms with Crippen molar-refractivity contribution in [3.8, 4) is 11.1 Å². The molecule has 7 rings (SSSR count). The number of nitrogens with zero attached hydrogens (tertiary/aromatic N) is 3. The summed E-state index contributed by atoms with van der Waals surface area (Å²) >= 11 is 0. The zero-order valence-corrected chi connectivity index (χ0v) is 36.7. The molecule has 5 N–H and O–H groups in total. The number of amides is 6. The number of fused-ring (bicyclic) bond motifs is 1. The fourth-order valence-corrected chi connectivity index (χ4v) is 8.23. The first kappa shape index (κ1) is 48.0. The van der Waals surface area contributed by atoms with Crippen molar-refractivity contribution in [2.24, 2.45) is 0 Å². The molecule has 17 nitrogen and oxygen atoms in total. The maximum absolute atomic E-state index is 15.5. The van der Waals surface area contributed by atoms with Gasteiger partial charge in [0.25, 0.3) is 23.6 Å². The van der Waals surface area contributed by atoms with Crippen molar-refractivity contribution >= 4 is 52.5 Å². The highest BCUT2D eigenvalue weighted by atomic mass is 19.4. The first-order chi connectivity index (χ1) is 31.9. The predicted molar refractivity (Wildman–Crippen MR) is 236 cm³/mol. The van der Waals surface area contributed by atoms with Crippen LogP contribution < -0.4 is 31.7 Å². The van der Waals surface area contributed by atoms with Crippen LogP contribution in [0.1, 0.15) is 73.7 Å². The molecule has 2 fully saturated rings. The van der Waals surface area contributed by atoms with Crippen molar-refractivity contribution in [2.45, 2.75) is 51.0 Å². The van der Waals surface area contributed by atoms with E-state index < -0.39 is 70.2 Å². The summed E-state index contributed by atoms with van der Waals surface area (Å²) in [6.45, 7) is 6.07. The number of rotatable bonds is 16. The molecule has 21 heteroatoms. The number of H-pyrrole nitrogens is 1. The molecule has 3 aliphatic rings. The van der Waals surface area contributed by atoms with Crippen molar-refractivity contribution in [1.82, 2.24) is 25.4 Å². The van der Waals surface area contributed by atoms with E-state index in [-0.39, 0.29) is 97.9 Å². The highest BCUT2D eigenvalue weighted by molar-refractivity contribution is 6.25. The molecule has 0 saturated carbocycles. The van der Waals surface area contributed by atoms with Crippen LogP contribution in [0.4, 0.5) is 34.6 Å². The van der Waals surface area contributed by atoms with Crippen molar-refractivity contribution in [3.63, 3.8) is 0 Å². The summed E-state index contributed by atoms with van der Waals surface area (Å²) in [6, 6.07) is 12.5. The average Bonchev–Trinajstić information content (AvgIpc) is 3.54. The summed E-state index contributed by atoms with van der Waals surface area (Å²) < 4.78 is 68.5. The smallest absolute Gasteiger partial charge is 0.382 e. The number of aromatic amines is 1. The van der Waals surface area contributed by atoms with E-state index in [1.165, 1.54) is 24.3 Å². The van der Waals surface area contributed by atoms with E-state index in [9.17, 15) is 46.7 Å². The quantitative estimate of drug-likeness (QED) is 0.0607. The second kappa shape index (κ2) is 20.3. The predicted octanol–water partition coefficient (Wildman–Crippen LogP) is 4.26. The van der Waals surface area contributed by atoms with Crippen molar-refractivity contribution in [2.75, 3.05) is 75.2 Å². The number of pyridine rings is 1. The summed E-state index contributed by atoms with van der Waals surface area (Å²) in [4.78, 5) is 96.0. The van der Waals surface area contributed by atoms with Gasteiger partial charge in [0, 0.05) is 73.8 Å². The normalized spacial score (nSPS) is 18.8. The van der Waals surface area contributed by atoms with Crippen LogP contribution in [0.15, 0.2) is 71.7 Å². The molecule has 354 valence electrons. The Morgan fingerprint density at radius 2 is 1.54 bits per heavy atom. The molecule has 4 heterocycles. The van der Waals surface area contributed by atoms with Crippen LogP contribution >= 0.6 is 0 Å². The van der Waals surface area contributed by atoms with Gasteiger partial charge in [-0.25, -0.2) is 4.39 Å². The third kappa shape index (κ3) is 10.7. The summed E-state index contributed by atoms with van der Waals surface area (Å²) in [5, 5.41) is 10.5. The van der Waals surface area contributed by atoms with E-state index in [1.54, 1.807) is 24.3 Å². The lowest BCUT2D eigenvalue weighted by molar-refractivity contribution is -0.138. The van der Waals surface area contributed by atoms with Crippen LogP contribution in [0.3, 0.4) is 0 Å². The number of hydrogen-bond acceptors (Lipinski definition) is 12. The third-order valence-electron chi connectivity index (χ3n) is 11.9. The molecule has 0 spiro atoms. The van der Waals surface area contributed by atoms with Crippen LogP contribution in [0.2, 0.25) is 0 Å². The number of aromatic nitrogens is 1. The number of hydrogen-bond donors (Lipinski definition) is 5. The van der Waals surface area contributed by atoms with Crippen molar-refractivity contribution in [3.05, 3.63) is 111 Å². The second-order valence-electron chi connectivity index (χ2n) is 16.4. The molecular weight excluding hydrogens is 885 g/mol. The van der Waals surface area contributed by atoms with E-state index in [4.69, 9.17) is 9.47 Å². The minimum absolute atomic E-state index is 0.0105. The third-order valence-corrected chi connectivity index (χ3v) is 11.9.